The third-order valence-electron chi connectivity index (χ3n) is 4.27. The summed E-state index contributed by atoms with van der Waals surface area (Å²) in [4.78, 5) is 24.7. The van der Waals surface area contributed by atoms with Crippen molar-refractivity contribution in [2.45, 2.75) is 17.9 Å². The molecule has 1 N–H and O–H groups in total. The van der Waals surface area contributed by atoms with Gasteiger partial charge in [0.25, 0.3) is 11.6 Å². The molecule has 1 atom stereocenters. The Kier molecular flexibility index (Phi) is 6.66. The number of nitrogens with one attached hydrogen (secondary N) is 1. The van der Waals surface area contributed by atoms with Crippen LogP contribution >= 0.6 is 0 Å². The summed E-state index contributed by atoms with van der Waals surface area (Å²) < 4.78 is 26.8. The van der Waals surface area contributed by atoms with E-state index in [0.29, 0.717) is 5.56 Å². The molecule has 0 unspecified atom stereocenters. The first-order chi connectivity index (χ1) is 13.2. The number of nitro benzene ring substituents is 1. The van der Waals surface area contributed by atoms with E-state index in [1.54, 1.807) is 26.1 Å². The van der Waals surface area contributed by atoms with E-state index in [9.17, 15) is 23.3 Å². The first-order valence-electron chi connectivity index (χ1n) is 8.39. The van der Waals surface area contributed by atoms with Crippen molar-refractivity contribution in [3.8, 4) is 0 Å². The lowest BCUT2D eigenvalue weighted by Gasteiger charge is -2.25. The van der Waals surface area contributed by atoms with Gasteiger partial charge >= 0.3 is 0 Å². The minimum atomic E-state index is -3.76. The van der Waals surface area contributed by atoms with Crippen LogP contribution in [0.5, 0.6) is 0 Å². The molecule has 28 heavy (non-hydrogen) atoms. The van der Waals surface area contributed by atoms with Crippen molar-refractivity contribution in [2.75, 3.05) is 13.6 Å². The van der Waals surface area contributed by atoms with Crippen LogP contribution < -0.4 is 4.72 Å². The number of carbonyl (C=O) groups excluding carboxylic acids is 1. The van der Waals surface area contributed by atoms with Crippen LogP contribution in [0, 0.1) is 10.1 Å². The number of benzene rings is 2. The van der Waals surface area contributed by atoms with Crippen LogP contribution in [0.1, 0.15) is 28.9 Å². The molecule has 0 fully saturated rings. The summed E-state index contributed by atoms with van der Waals surface area (Å²) in [6.07, 6.45) is 1.42. The molecule has 0 aliphatic rings. The van der Waals surface area contributed by atoms with Crippen molar-refractivity contribution in [3.63, 3.8) is 0 Å². The number of non-ortho nitro benzene ring substituents is 1. The number of carbonyl (C=O) groups is 1. The second kappa shape index (κ2) is 8.77. The summed E-state index contributed by atoms with van der Waals surface area (Å²) >= 11 is 0. The molecule has 0 aliphatic carbocycles. The molecule has 0 aromatic heterocycles. The number of hydrogen-bond donors (Lipinski definition) is 1. The van der Waals surface area contributed by atoms with Crippen molar-refractivity contribution in [1.82, 2.24) is 9.62 Å². The minimum absolute atomic E-state index is 0.0309. The van der Waals surface area contributed by atoms with E-state index in [0.717, 1.165) is 0 Å². The lowest BCUT2D eigenvalue weighted by atomic mass is 10.1. The van der Waals surface area contributed by atoms with Crippen LogP contribution in [0.15, 0.2) is 66.1 Å². The van der Waals surface area contributed by atoms with Crippen LogP contribution in [-0.2, 0) is 10.0 Å². The molecule has 0 spiro atoms. The zero-order valence-corrected chi connectivity index (χ0v) is 16.3. The third kappa shape index (κ3) is 4.81. The summed E-state index contributed by atoms with van der Waals surface area (Å²) in [5.74, 6) is -0.403. The first-order valence-corrected chi connectivity index (χ1v) is 9.88. The van der Waals surface area contributed by atoms with Gasteiger partial charge in [-0.25, -0.2) is 13.1 Å². The van der Waals surface area contributed by atoms with Crippen LogP contribution in [-0.4, -0.2) is 37.7 Å². The van der Waals surface area contributed by atoms with Gasteiger partial charge in [-0.2, -0.15) is 0 Å². The van der Waals surface area contributed by atoms with Crippen LogP contribution in [0.4, 0.5) is 5.69 Å². The second-order valence-corrected chi connectivity index (χ2v) is 7.88. The van der Waals surface area contributed by atoms with E-state index in [1.165, 1.54) is 47.4 Å². The number of nitrogens with zero attached hydrogens (tertiary/aromatic N) is 2. The molecular weight excluding hydrogens is 382 g/mol. The molecule has 8 nitrogen and oxygen atoms in total. The Labute approximate surface area is 163 Å². The van der Waals surface area contributed by atoms with Crippen LogP contribution in [0.25, 0.3) is 0 Å². The molecule has 1 amide bonds. The maximum atomic E-state index is 12.8. The van der Waals surface area contributed by atoms with Crippen molar-refractivity contribution in [2.24, 2.45) is 0 Å². The number of sulfonamides is 1. The van der Waals surface area contributed by atoms with Gasteiger partial charge in [-0.15, -0.1) is 6.58 Å². The molecule has 2 aromatic carbocycles. The number of nitro groups is 1. The lowest BCUT2D eigenvalue weighted by Crippen LogP contribution is -2.30. The van der Waals surface area contributed by atoms with Crippen LogP contribution in [0.3, 0.4) is 0 Å². The highest BCUT2D eigenvalue weighted by molar-refractivity contribution is 7.89. The Morgan fingerprint density at radius 3 is 2.61 bits per heavy atom. The van der Waals surface area contributed by atoms with Crippen molar-refractivity contribution in [1.29, 1.82) is 0 Å². The zero-order chi connectivity index (χ0) is 20.9. The van der Waals surface area contributed by atoms with Gasteiger partial charge in [-0.1, -0.05) is 24.3 Å². The third-order valence-corrected chi connectivity index (χ3v) is 5.69. The lowest BCUT2D eigenvalue weighted by molar-refractivity contribution is -0.384. The predicted octanol–water partition coefficient (Wildman–Crippen LogP) is 2.89. The fraction of sp³-hybridized carbons (Fsp3) is 0.211. The predicted molar refractivity (Wildman–Crippen MR) is 105 cm³/mol. The first kappa shape index (κ1) is 21.3. The molecule has 0 bridgehead atoms. The smallest absolute Gasteiger partial charge is 0.269 e. The van der Waals surface area contributed by atoms with Gasteiger partial charge in [0.05, 0.1) is 15.9 Å². The van der Waals surface area contributed by atoms with Crippen molar-refractivity contribution < 1.29 is 18.1 Å². The fourth-order valence-corrected chi connectivity index (χ4v) is 3.59. The summed E-state index contributed by atoms with van der Waals surface area (Å²) in [5, 5.41) is 11.0. The Morgan fingerprint density at radius 1 is 1.29 bits per heavy atom. The average molecular weight is 403 g/mol. The van der Waals surface area contributed by atoms with Gasteiger partial charge in [0.2, 0.25) is 10.0 Å². The normalized spacial score (nSPS) is 12.2. The quantitative estimate of drug-likeness (QED) is 0.414. The molecule has 0 saturated carbocycles. The standard InChI is InChI=1S/C19H21N3O5S/c1-4-11-20-28(26,27)18-10-6-8-16(13-18)19(23)21(3)14(2)15-7-5-9-17(12-15)22(24)25/h4-10,12-14,20H,1,11H2,2-3H3/t14-/m0/s1. The maximum absolute atomic E-state index is 12.8. The van der Waals surface area contributed by atoms with E-state index in [2.05, 4.69) is 11.3 Å². The number of amides is 1. The summed E-state index contributed by atoms with van der Waals surface area (Å²) in [5.41, 5.74) is 0.731. The van der Waals surface area contributed by atoms with E-state index in [4.69, 9.17) is 0 Å². The molecule has 0 saturated heterocycles. The number of rotatable bonds is 8. The SMILES string of the molecule is C=CCNS(=O)(=O)c1cccc(C(=O)N(C)[C@@H](C)c2cccc([N+](=O)[O-])c2)c1. The highest BCUT2D eigenvalue weighted by Crippen LogP contribution is 2.24. The van der Waals surface area contributed by atoms with E-state index < -0.39 is 26.9 Å². The average Bonchev–Trinajstić information content (AvgIpc) is 2.70. The van der Waals surface area contributed by atoms with Gasteiger partial charge in [0.15, 0.2) is 0 Å². The van der Waals surface area contributed by atoms with E-state index in [1.807, 2.05) is 0 Å². The Morgan fingerprint density at radius 2 is 1.96 bits per heavy atom. The maximum Gasteiger partial charge on any atom is 0.269 e. The molecule has 0 aliphatic heterocycles. The van der Waals surface area contributed by atoms with Gasteiger partial charge in [-0.05, 0) is 30.7 Å². The fourth-order valence-electron chi connectivity index (χ4n) is 2.55. The van der Waals surface area contributed by atoms with Gasteiger partial charge in [0.1, 0.15) is 0 Å². The highest BCUT2D eigenvalue weighted by Gasteiger charge is 2.22. The Hall–Kier alpha value is -3.04. The summed E-state index contributed by atoms with van der Waals surface area (Å²) in [6, 6.07) is 11.3. The van der Waals surface area contributed by atoms with E-state index in [-0.39, 0.29) is 22.7 Å². The van der Waals surface area contributed by atoms with Gasteiger partial charge in [-0.3, -0.25) is 14.9 Å². The molecule has 0 heterocycles. The van der Waals surface area contributed by atoms with Crippen molar-refractivity contribution in [3.05, 3.63) is 82.4 Å². The monoisotopic (exact) mass is 403 g/mol. The Balaban J connectivity index is 2.28. The van der Waals surface area contributed by atoms with Crippen molar-refractivity contribution >= 4 is 21.6 Å². The zero-order valence-electron chi connectivity index (χ0n) is 15.5. The molecule has 2 aromatic rings. The molecule has 0 radical (unpaired) electrons. The summed E-state index contributed by atoms with van der Waals surface area (Å²) in [7, 11) is -2.20. The van der Waals surface area contributed by atoms with Gasteiger partial charge in [0, 0.05) is 31.3 Å². The highest BCUT2D eigenvalue weighted by atomic mass is 32.2. The molecule has 148 valence electrons. The largest absolute Gasteiger partial charge is 0.335 e. The molecular formula is C19H21N3O5S. The number of hydrogen-bond acceptors (Lipinski definition) is 5. The second-order valence-electron chi connectivity index (χ2n) is 6.11. The van der Waals surface area contributed by atoms with E-state index >= 15 is 0 Å². The topological polar surface area (TPSA) is 110 Å². The van der Waals surface area contributed by atoms with Gasteiger partial charge < -0.3 is 4.90 Å². The molecule has 9 heteroatoms. The molecule has 2 rings (SSSR count). The Bertz CT molecular complexity index is 1000. The van der Waals surface area contributed by atoms with Crippen LogP contribution in [0.2, 0.25) is 0 Å². The summed E-state index contributed by atoms with van der Waals surface area (Å²) in [6.45, 7) is 5.27. The minimum Gasteiger partial charge on any atom is -0.335 e.